The fraction of sp³-hybridized carbons (Fsp3) is 0.500. The fourth-order valence-electron chi connectivity index (χ4n) is 4.44. The Kier molecular flexibility index (Phi) is 10.2. The molecule has 2 unspecified atom stereocenters. The van der Waals surface area contributed by atoms with Gasteiger partial charge in [0, 0.05) is 12.5 Å². The Labute approximate surface area is 243 Å². The summed E-state index contributed by atoms with van der Waals surface area (Å²) < 4.78 is 10.9. The lowest BCUT2D eigenvalue weighted by atomic mass is 9.97. The molecule has 0 spiro atoms. The number of benzene rings is 2. The summed E-state index contributed by atoms with van der Waals surface area (Å²) in [6.07, 6.45) is 0.964. The second kappa shape index (κ2) is 13.2. The number of nitrogens with zero attached hydrogens (tertiary/aromatic N) is 1. The monoisotopic (exact) mass is 565 g/mol. The molecule has 0 saturated heterocycles. The first-order valence-electron chi connectivity index (χ1n) is 14.1. The van der Waals surface area contributed by atoms with Crippen LogP contribution in [0.1, 0.15) is 77.1 Å². The molecule has 1 fully saturated rings. The van der Waals surface area contributed by atoms with Gasteiger partial charge in [-0.2, -0.15) is 0 Å². The molecular weight excluding hydrogens is 522 g/mol. The summed E-state index contributed by atoms with van der Waals surface area (Å²) in [4.78, 5) is 54.8. The van der Waals surface area contributed by atoms with E-state index in [0.29, 0.717) is 5.56 Å². The van der Waals surface area contributed by atoms with Gasteiger partial charge in [-0.25, -0.2) is 9.59 Å². The van der Waals surface area contributed by atoms with Gasteiger partial charge in [-0.05, 0) is 78.0 Å². The van der Waals surface area contributed by atoms with Gasteiger partial charge < -0.3 is 25.0 Å². The molecule has 41 heavy (non-hydrogen) atoms. The van der Waals surface area contributed by atoms with Crippen molar-refractivity contribution < 1.29 is 28.7 Å². The summed E-state index contributed by atoms with van der Waals surface area (Å²) in [6, 6.07) is 14.6. The highest BCUT2D eigenvalue weighted by Crippen LogP contribution is 2.36. The molecule has 2 aromatic carbocycles. The minimum atomic E-state index is -1.02. The first-order valence-corrected chi connectivity index (χ1v) is 14.1. The Balaban J connectivity index is 1.92. The maximum absolute atomic E-state index is 14.1. The van der Waals surface area contributed by atoms with Crippen LogP contribution in [0.15, 0.2) is 54.6 Å². The number of rotatable bonds is 10. The van der Waals surface area contributed by atoms with Crippen molar-refractivity contribution in [3.05, 3.63) is 71.3 Å². The van der Waals surface area contributed by atoms with Gasteiger partial charge in [0.1, 0.15) is 29.8 Å². The molecule has 2 N–H and O–H groups in total. The number of aryl methyl sites for hydroxylation is 1. The highest BCUT2D eigenvalue weighted by atomic mass is 16.6. The maximum atomic E-state index is 14.1. The standard InChI is InChI=1S/C32H43N3O6/c1-21-13-11-12-16-24(21)27(35(23-17-18-23)26(36)20-33-30(39)41-32(5,6)7)28(37)34-25(29(38)40-31(2,3)4)19-22-14-9-8-10-15-22/h8-16,23,25,27H,17-20H2,1-7H3,(H,33,39)(H,34,37). The van der Waals surface area contributed by atoms with Crippen LogP contribution in [0.5, 0.6) is 0 Å². The number of hydrogen-bond donors (Lipinski definition) is 2. The smallest absolute Gasteiger partial charge is 0.408 e. The van der Waals surface area contributed by atoms with Gasteiger partial charge in [0.2, 0.25) is 11.8 Å². The van der Waals surface area contributed by atoms with E-state index in [1.807, 2.05) is 61.5 Å². The van der Waals surface area contributed by atoms with E-state index < -0.39 is 47.2 Å². The van der Waals surface area contributed by atoms with Crippen molar-refractivity contribution in [2.45, 2.75) is 97.1 Å². The van der Waals surface area contributed by atoms with Crippen molar-refractivity contribution in [3.8, 4) is 0 Å². The summed E-state index contributed by atoms with van der Waals surface area (Å²) in [6.45, 7) is 12.1. The molecule has 2 atom stereocenters. The third kappa shape index (κ3) is 9.92. The Bertz CT molecular complexity index is 1230. The normalized spacial score (nSPS) is 14.8. The number of carbonyl (C=O) groups excluding carboxylic acids is 4. The van der Waals surface area contributed by atoms with Crippen molar-refractivity contribution in [3.63, 3.8) is 0 Å². The van der Waals surface area contributed by atoms with E-state index in [1.165, 1.54) is 4.90 Å². The molecule has 1 aliphatic carbocycles. The van der Waals surface area contributed by atoms with Crippen LogP contribution in [-0.2, 0) is 30.3 Å². The highest BCUT2D eigenvalue weighted by Gasteiger charge is 2.43. The quantitative estimate of drug-likeness (QED) is 0.407. The van der Waals surface area contributed by atoms with Crippen molar-refractivity contribution in [2.24, 2.45) is 0 Å². The molecule has 3 amide bonds. The summed E-state index contributed by atoms with van der Waals surface area (Å²) >= 11 is 0. The second-order valence-corrected chi connectivity index (χ2v) is 12.4. The van der Waals surface area contributed by atoms with E-state index in [0.717, 1.165) is 24.0 Å². The highest BCUT2D eigenvalue weighted by molar-refractivity contribution is 5.93. The maximum Gasteiger partial charge on any atom is 0.408 e. The molecule has 9 heteroatoms. The number of alkyl carbamates (subject to hydrolysis) is 1. The van der Waals surface area contributed by atoms with Crippen molar-refractivity contribution in [2.75, 3.05) is 6.54 Å². The molecule has 2 aromatic rings. The van der Waals surface area contributed by atoms with Crippen LogP contribution in [0, 0.1) is 6.92 Å². The van der Waals surface area contributed by atoms with Gasteiger partial charge >= 0.3 is 12.1 Å². The number of carbonyl (C=O) groups is 4. The fourth-order valence-corrected chi connectivity index (χ4v) is 4.44. The first-order chi connectivity index (χ1) is 19.1. The topological polar surface area (TPSA) is 114 Å². The van der Waals surface area contributed by atoms with Crippen LogP contribution in [0.25, 0.3) is 0 Å². The zero-order valence-electron chi connectivity index (χ0n) is 25.2. The zero-order valence-corrected chi connectivity index (χ0v) is 25.2. The molecule has 0 heterocycles. The van der Waals surface area contributed by atoms with Gasteiger partial charge in [0.15, 0.2) is 0 Å². The van der Waals surface area contributed by atoms with Crippen LogP contribution in [0.3, 0.4) is 0 Å². The van der Waals surface area contributed by atoms with Crippen molar-refractivity contribution in [1.29, 1.82) is 0 Å². The van der Waals surface area contributed by atoms with E-state index in [9.17, 15) is 19.2 Å². The predicted molar refractivity (Wildman–Crippen MR) is 156 cm³/mol. The third-order valence-corrected chi connectivity index (χ3v) is 6.31. The molecule has 1 aliphatic rings. The van der Waals surface area contributed by atoms with E-state index in [1.54, 1.807) is 41.5 Å². The van der Waals surface area contributed by atoms with E-state index >= 15 is 0 Å². The van der Waals surface area contributed by atoms with Crippen LogP contribution in [0.2, 0.25) is 0 Å². The van der Waals surface area contributed by atoms with Crippen LogP contribution >= 0.6 is 0 Å². The van der Waals surface area contributed by atoms with Gasteiger partial charge in [-0.15, -0.1) is 0 Å². The molecule has 0 aliphatic heterocycles. The SMILES string of the molecule is Cc1ccccc1C(C(=O)NC(Cc1ccccc1)C(=O)OC(C)(C)C)N(C(=O)CNC(=O)OC(C)(C)C)C1CC1. The zero-order chi connectivity index (χ0) is 30.4. The summed E-state index contributed by atoms with van der Waals surface area (Å²) in [5, 5.41) is 5.43. The molecule has 222 valence electrons. The predicted octanol–water partition coefficient (Wildman–Crippen LogP) is 4.62. The van der Waals surface area contributed by atoms with Gasteiger partial charge in [-0.3, -0.25) is 9.59 Å². The lowest BCUT2D eigenvalue weighted by molar-refractivity contribution is -0.159. The number of amides is 3. The lowest BCUT2D eigenvalue weighted by Crippen LogP contribution is -2.53. The van der Waals surface area contributed by atoms with Crippen molar-refractivity contribution >= 4 is 23.9 Å². The molecule has 0 bridgehead atoms. The van der Waals surface area contributed by atoms with Crippen LogP contribution < -0.4 is 10.6 Å². The summed E-state index contributed by atoms with van der Waals surface area (Å²) in [7, 11) is 0. The number of ether oxygens (including phenoxy) is 2. The molecule has 1 saturated carbocycles. The van der Waals surface area contributed by atoms with E-state index in [-0.39, 0.29) is 19.0 Å². The average molecular weight is 566 g/mol. The van der Waals surface area contributed by atoms with Crippen molar-refractivity contribution in [1.82, 2.24) is 15.5 Å². The molecule has 3 rings (SSSR count). The first kappa shape index (κ1) is 31.6. The van der Waals surface area contributed by atoms with Gasteiger partial charge in [-0.1, -0.05) is 54.6 Å². The average Bonchev–Trinajstić information content (AvgIpc) is 3.69. The summed E-state index contributed by atoms with van der Waals surface area (Å²) in [5.74, 6) is -1.48. The minimum absolute atomic E-state index is 0.174. The molecule has 9 nitrogen and oxygen atoms in total. The van der Waals surface area contributed by atoms with Gasteiger partial charge in [0.25, 0.3) is 0 Å². The molecule has 0 radical (unpaired) electrons. The molecular formula is C32H43N3O6. The lowest BCUT2D eigenvalue weighted by Gasteiger charge is -2.34. The van der Waals surface area contributed by atoms with Crippen LogP contribution in [-0.4, -0.2) is 58.6 Å². The second-order valence-electron chi connectivity index (χ2n) is 12.4. The Morgan fingerprint density at radius 2 is 1.46 bits per heavy atom. The van der Waals surface area contributed by atoms with Gasteiger partial charge in [0.05, 0.1) is 0 Å². The number of esters is 1. The Morgan fingerprint density at radius 1 is 0.878 bits per heavy atom. The Hall–Kier alpha value is -3.88. The Morgan fingerprint density at radius 3 is 2.02 bits per heavy atom. The number of nitrogens with one attached hydrogen (secondary N) is 2. The van der Waals surface area contributed by atoms with Crippen LogP contribution in [0.4, 0.5) is 4.79 Å². The summed E-state index contributed by atoms with van der Waals surface area (Å²) in [5.41, 5.74) is 0.846. The molecule has 0 aromatic heterocycles. The third-order valence-electron chi connectivity index (χ3n) is 6.31. The van der Waals surface area contributed by atoms with E-state index in [4.69, 9.17) is 9.47 Å². The van der Waals surface area contributed by atoms with E-state index in [2.05, 4.69) is 10.6 Å². The minimum Gasteiger partial charge on any atom is -0.458 e. The number of hydrogen-bond acceptors (Lipinski definition) is 6. The largest absolute Gasteiger partial charge is 0.458 e.